The highest BCUT2D eigenvalue weighted by Gasteiger charge is 2.27. The number of rotatable bonds is 9. The van der Waals surface area contributed by atoms with E-state index in [1.54, 1.807) is 7.11 Å². The number of ether oxygens (including phenoxy) is 2. The molecule has 0 fully saturated rings. The van der Waals surface area contributed by atoms with Gasteiger partial charge in [0.25, 0.3) is 0 Å². The van der Waals surface area contributed by atoms with Crippen molar-refractivity contribution in [3.05, 3.63) is 83.8 Å². The molecule has 1 unspecified atom stereocenters. The van der Waals surface area contributed by atoms with Gasteiger partial charge in [0, 0.05) is 31.8 Å². The van der Waals surface area contributed by atoms with E-state index in [0.717, 1.165) is 37.3 Å². The monoisotopic (exact) mass is 415 g/mol. The molecule has 31 heavy (non-hydrogen) atoms. The minimum atomic E-state index is 0.00906. The van der Waals surface area contributed by atoms with Crippen LogP contribution in [-0.2, 0) is 29.2 Å². The van der Waals surface area contributed by atoms with Crippen molar-refractivity contribution in [1.29, 1.82) is 5.26 Å². The van der Waals surface area contributed by atoms with Crippen molar-refractivity contribution in [2.24, 2.45) is 0 Å². The maximum atomic E-state index is 9.45. The van der Waals surface area contributed by atoms with Crippen LogP contribution in [-0.4, -0.2) is 35.7 Å². The molecule has 0 N–H and O–H groups in total. The number of benzene rings is 2. The predicted molar refractivity (Wildman–Crippen MR) is 122 cm³/mol. The van der Waals surface area contributed by atoms with Crippen LogP contribution in [0.4, 0.5) is 0 Å². The van der Waals surface area contributed by atoms with Crippen molar-refractivity contribution in [2.45, 2.75) is 38.6 Å². The summed E-state index contributed by atoms with van der Waals surface area (Å²) in [7, 11) is 1.72. The van der Waals surface area contributed by atoms with Crippen LogP contribution in [0.1, 0.15) is 24.0 Å². The van der Waals surface area contributed by atoms with Crippen LogP contribution in [0.5, 0.6) is 0 Å². The predicted octanol–water partition coefficient (Wildman–Crippen LogP) is 4.88. The zero-order valence-corrected chi connectivity index (χ0v) is 18.0. The Labute approximate surface area is 184 Å². The molecule has 0 spiro atoms. The largest absolute Gasteiger partial charge is 0.492 e. The van der Waals surface area contributed by atoms with Gasteiger partial charge in [-0.25, -0.2) is 0 Å². The van der Waals surface area contributed by atoms with Crippen molar-refractivity contribution >= 4 is 10.9 Å². The van der Waals surface area contributed by atoms with E-state index in [9.17, 15) is 5.26 Å². The van der Waals surface area contributed by atoms with Crippen molar-refractivity contribution in [1.82, 2.24) is 9.47 Å². The van der Waals surface area contributed by atoms with Gasteiger partial charge in [-0.15, -0.1) is 0 Å². The summed E-state index contributed by atoms with van der Waals surface area (Å²) in [5.74, 6) is 0.929. The molecule has 0 saturated carbocycles. The number of methoxy groups -OCH3 is 1. The molecule has 0 saturated heterocycles. The minimum Gasteiger partial charge on any atom is -0.492 e. The van der Waals surface area contributed by atoms with Crippen LogP contribution < -0.4 is 0 Å². The highest BCUT2D eigenvalue weighted by Crippen LogP contribution is 2.26. The van der Waals surface area contributed by atoms with Gasteiger partial charge >= 0.3 is 0 Å². The van der Waals surface area contributed by atoms with Gasteiger partial charge in [0.2, 0.25) is 0 Å². The highest BCUT2D eigenvalue weighted by molar-refractivity contribution is 5.83. The molecule has 0 aliphatic carbocycles. The normalized spacial score (nSPS) is 16.8. The van der Waals surface area contributed by atoms with Crippen molar-refractivity contribution in [3.8, 4) is 6.07 Å². The summed E-state index contributed by atoms with van der Waals surface area (Å²) < 4.78 is 13.7. The van der Waals surface area contributed by atoms with Crippen LogP contribution in [0.2, 0.25) is 0 Å². The summed E-state index contributed by atoms with van der Waals surface area (Å²) in [6.07, 6.45) is 6.65. The second-order valence-electron chi connectivity index (χ2n) is 7.89. The van der Waals surface area contributed by atoms with Crippen LogP contribution in [0, 0.1) is 11.3 Å². The summed E-state index contributed by atoms with van der Waals surface area (Å²) in [4.78, 5) is 2.39. The molecule has 0 radical (unpaired) electrons. The van der Waals surface area contributed by atoms with E-state index in [-0.39, 0.29) is 6.04 Å². The Morgan fingerprint density at radius 2 is 1.90 bits per heavy atom. The molecule has 0 amide bonds. The van der Waals surface area contributed by atoms with Crippen LogP contribution in [0.15, 0.2) is 72.6 Å². The molecule has 160 valence electrons. The molecule has 2 heterocycles. The zero-order chi connectivity index (χ0) is 21.5. The Morgan fingerprint density at radius 1 is 1.10 bits per heavy atom. The quantitative estimate of drug-likeness (QED) is 0.500. The fourth-order valence-corrected chi connectivity index (χ4v) is 4.36. The van der Waals surface area contributed by atoms with Crippen LogP contribution in [0.25, 0.3) is 10.9 Å². The fraction of sp³-hybridized carbons (Fsp3) is 0.346. The second-order valence-corrected chi connectivity index (χ2v) is 7.89. The van der Waals surface area contributed by atoms with E-state index in [4.69, 9.17) is 9.47 Å². The maximum absolute atomic E-state index is 9.45. The first-order valence-corrected chi connectivity index (χ1v) is 10.8. The Morgan fingerprint density at radius 3 is 2.71 bits per heavy atom. The van der Waals surface area contributed by atoms with Gasteiger partial charge in [-0.2, -0.15) is 5.26 Å². The SMILES string of the molecule is COCn1cc(CCN2CCC=C(OCc3ccccc3)C2CC#N)c2ccccc21. The Kier molecular flexibility index (Phi) is 7.03. The lowest BCUT2D eigenvalue weighted by Gasteiger charge is -2.35. The number of hydrogen-bond acceptors (Lipinski definition) is 4. The molecule has 4 rings (SSSR count). The van der Waals surface area contributed by atoms with Crippen molar-refractivity contribution in [3.63, 3.8) is 0 Å². The summed E-state index contributed by atoms with van der Waals surface area (Å²) in [5, 5.41) is 10.7. The molecular weight excluding hydrogens is 386 g/mol. The van der Waals surface area contributed by atoms with Gasteiger partial charge in [0.05, 0.1) is 24.0 Å². The molecule has 2 aromatic carbocycles. The molecule has 5 heteroatoms. The summed E-state index contributed by atoms with van der Waals surface area (Å²) in [6, 6.07) is 21.0. The molecule has 3 aromatic rings. The van der Waals surface area contributed by atoms with E-state index >= 15 is 0 Å². The molecule has 5 nitrogen and oxygen atoms in total. The lowest BCUT2D eigenvalue weighted by atomic mass is 10.0. The molecular formula is C26H29N3O2. The zero-order valence-electron chi connectivity index (χ0n) is 18.0. The number of nitrogens with zero attached hydrogens (tertiary/aromatic N) is 3. The van der Waals surface area contributed by atoms with E-state index < -0.39 is 0 Å². The molecule has 1 aromatic heterocycles. The van der Waals surface area contributed by atoms with E-state index in [1.807, 2.05) is 18.2 Å². The third-order valence-electron chi connectivity index (χ3n) is 5.87. The highest BCUT2D eigenvalue weighted by atomic mass is 16.5. The number of hydrogen-bond donors (Lipinski definition) is 0. The second kappa shape index (κ2) is 10.3. The van der Waals surface area contributed by atoms with E-state index in [2.05, 4.69) is 64.2 Å². The van der Waals surface area contributed by atoms with Gasteiger partial charge in [-0.1, -0.05) is 48.5 Å². The maximum Gasteiger partial charge on any atom is 0.122 e. The average molecular weight is 416 g/mol. The van der Waals surface area contributed by atoms with E-state index in [0.29, 0.717) is 19.8 Å². The van der Waals surface area contributed by atoms with Crippen LogP contribution in [0.3, 0.4) is 0 Å². The van der Waals surface area contributed by atoms with Crippen molar-refractivity contribution < 1.29 is 9.47 Å². The lowest BCUT2D eigenvalue weighted by molar-refractivity contribution is 0.105. The van der Waals surface area contributed by atoms with E-state index in [1.165, 1.54) is 16.5 Å². The summed E-state index contributed by atoms with van der Waals surface area (Å²) in [6.45, 7) is 2.91. The summed E-state index contributed by atoms with van der Waals surface area (Å²) in [5.41, 5.74) is 3.64. The molecule has 1 aliphatic heterocycles. The summed E-state index contributed by atoms with van der Waals surface area (Å²) >= 11 is 0. The average Bonchev–Trinajstić information content (AvgIpc) is 3.16. The topological polar surface area (TPSA) is 50.4 Å². The van der Waals surface area contributed by atoms with Crippen molar-refractivity contribution in [2.75, 3.05) is 20.2 Å². The first-order valence-electron chi connectivity index (χ1n) is 10.8. The smallest absolute Gasteiger partial charge is 0.122 e. The van der Waals surface area contributed by atoms with Gasteiger partial charge < -0.3 is 14.0 Å². The Balaban J connectivity index is 1.46. The number of aromatic nitrogens is 1. The third-order valence-corrected chi connectivity index (χ3v) is 5.87. The number of para-hydroxylation sites is 1. The molecule has 1 atom stereocenters. The van der Waals surface area contributed by atoms with Gasteiger partial charge in [0.15, 0.2) is 0 Å². The Hall–Kier alpha value is -3.07. The number of nitriles is 1. The molecule has 0 bridgehead atoms. The number of fused-ring (bicyclic) bond motifs is 1. The minimum absolute atomic E-state index is 0.00906. The Bertz CT molecular complexity index is 1070. The molecule has 1 aliphatic rings. The van der Waals surface area contributed by atoms with Gasteiger partial charge in [0.1, 0.15) is 19.1 Å². The fourth-order valence-electron chi connectivity index (χ4n) is 4.36. The van der Waals surface area contributed by atoms with Crippen LogP contribution >= 0.6 is 0 Å². The lowest BCUT2D eigenvalue weighted by Crippen LogP contribution is -2.41. The van der Waals surface area contributed by atoms with Gasteiger partial charge in [-0.05, 0) is 36.1 Å². The van der Waals surface area contributed by atoms with Gasteiger partial charge in [-0.3, -0.25) is 4.90 Å². The first kappa shape index (κ1) is 21.2. The first-order chi connectivity index (χ1) is 15.3. The third kappa shape index (κ3) is 4.99. The standard InChI is InChI=1S/C26H29N3O2/c1-30-20-29-18-22(23-10-5-6-11-24(23)29)14-17-28-16-7-12-26(25(28)13-15-27)31-19-21-8-3-2-4-9-21/h2-6,8-12,18,25H,7,13-14,16-17,19-20H2,1H3.